The van der Waals surface area contributed by atoms with Crippen LogP contribution < -0.4 is 15.2 Å². The zero-order chi connectivity index (χ0) is 15.1. The number of rotatable bonds is 7. The van der Waals surface area contributed by atoms with E-state index in [1.165, 1.54) is 0 Å². The summed E-state index contributed by atoms with van der Waals surface area (Å²) in [5.74, 6) is 1.63. The third kappa shape index (κ3) is 5.73. The summed E-state index contributed by atoms with van der Waals surface area (Å²) in [5, 5.41) is 0. The highest BCUT2D eigenvalue weighted by molar-refractivity contribution is 9.10. The fraction of sp³-hybridized carbons (Fsp3) is 0.188. The lowest BCUT2D eigenvalue weighted by Crippen LogP contribution is -2.11. The maximum Gasteiger partial charge on any atom is 0.122 e. The van der Waals surface area contributed by atoms with Crippen LogP contribution in [0, 0.1) is 0 Å². The van der Waals surface area contributed by atoms with Crippen LogP contribution in [0.2, 0.25) is 0 Å². The predicted octanol–water partition coefficient (Wildman–Crippen LogP) is 3.74. The van der Waals surface area contributed by atoms with Crippen LogP contribution in [-0.2, 0) is 6.42 Å². The number of nitrogens with two attached hydrogens (primary N) is 1. The molecule has 0 saturated heterocycles. The Labute approximate surface area is 138 Å². The van der Waals surface area contributed by atoms with Crippen molar-refractivity contribution in [3.63, 3.8) is 0 Å². The van der Waals surface area contributed by atoms with Gasteiger partial charge in [0.1, 0.15) is 24.7 Å². The lowest BCUT2D eigenvalue weighted by Gasteiger charge is -2.09. The smallest absolute Gasteiger partial charge is 0.122 e. The molecule has 0 aliphatic rings. The molecule has 2 aromatic rings. The number of hydrogen-bond donors (Lipinski definition) is 1. The van der Waals surface area contributed by atoms with E-state index in [9.17, 15) is 0 Å². The minimum Gasteiger partial charge on any atom is -0.490 e. The van der Waals surface area contributed by atoms with Crippen LogP contribution in [0.15, 0.2) is 53.0 Å². The fourth-order valence-corrected chi connectivity index (χ4v) is 2.19. The Morgan fingerprint density at radius 3 is 1.86 bits per heavy atom. The molecule has 0 fully saturated rings. The van der Waals surface area contributed by atoms with Gasteiger partial charge in [0.2, 0.25) is 0 Å². The Kier molecular flexibility index (Phi) is 6.02. The molecule has 2 aromatic carbocycles. The second-order valence-electron chi connectivity index (χ2n) is 4.44. The Balaban J connectivity index is 1.73. The van der Waals surface area contributed by atoms with Crippen LogP contribution in [0.1, 0.15) is 5.56 Å². The van der Waals surface area contributed by atoms with Crippen molar-refractivity contribution in [2.45, 2.75) is 6.42 Å². The highest BCUT2D eigenvalue weighted by atomic mass is 79.9. The molecular weight excluding hydrogens is 350 g/mol. The number of ether oxygens (including phenoxy) is 2. The number of halogens is 1. The van der Waals surface area contributed by atoms with Crippen molar-refractivity contribution in [3.8, 4) is 11.5 Å². The van der Waals surface area contributed by atoms with Gasteiger partial charge in [-0.2, -0.15) is 0 Å². The molecule has 2 N–H and O–H groups in total. The molecule has 21 heavy (non-hydrogen) atoms. The number of thiocarbonyl (C=S) groups is 1. The van der Waals surface area contributed by atoms with Crippen molar-refractivity contribution in [3.05, 3.63) is 58.6 Å². The first kappa shape index (κ1) is 15.8. The van der Waals surface area contributed by atoms with E-state index in [0.29, 0.717) is 24.6 Å². The van der Waals surface area contributed by atoms with Gasteiger partial charge in [-0.1, -0.05) is 40.3 Å². The van der Waals surface area contributed by atoms with Crippen molar-refractivity contribution in [2.75, 3.05) is 13.2 Å². The summed E-state index contributed by atoms with van der Waals surface area (Å²) < 4.78 is 12.2. The van der Waals surface area contributed by atoms with Crippen molar-refractivity contribution in [1.29, 1.82) is 0 Å². The molecule has 5 heteroatoms. The minimum absolute atomic E-state index is 0.491. The zero-order valence-corrected chi connectivity index (χ0v) is 13.8. The third-order valence-corrected chi connectivity index (χ3v) is 3.41. The summed E-state index contributed by atoms with van der Waals surface area (Å²) in [5.41, 5.74) is 6.59. The highest BCUT2D eigenvalue weighted by Gasteiger charge is 1.98. The Hall–Kier alpha value is -1.59. The molecule has 0 heterocycles. The van der Waals surface area contributed by atoms with Crippen LogP contribution in [-0.4, -0.2) is 18.2 Å². The topological polar surface area (TPSA) is 44.5 Å². The van der Waals surface area contributed by atoms with E-state index in [-0.39, 0.29) is 0 Å². The largest absolute Gasteiger partial charge is 0.490 e. The zero-order valence-electron chi connectivity index (χ0n) is 11.4. The second kappa shape index (κ2) is 8.00. The van der Waals surface area contributed by atoms with Gasteiger partial charge in [-0.05, 0) is 42.0 Å². The molecule has 0 amide bonds. The normalized spacial score (nSPS) is 10.1. The van der Waals surface area contributed by atoms with E-state index in [1.807, 2.05) is 48.5 Å². The van der Waals surface area contributed by atoms with Crippen molar-refractivity contribution < 1.29 is 9.47 Å². The van der Waals surface area contributed by atoms with Gasteiger partial charge in [0, 0.05) is 10.9 Å². The molecule has 3 nitrogen and oxygen atoms in total. The van der Waals surface area contributed by atoms with Crippen molar-refractivity contribution >= 4 is 33.1 Å². The van der Waals surface area contributed by atoms with Gasteiger partial charge >= 0.3 is 0 Å². The molecule has 0 aliphatic heterocycles. The average Bonchev–Trinajstić information content (AvgIpc) is 2.46. The van der Waals surface area contributed by atoms with E-state index in [1.54, 1.807) is 0 Å². The van der Waals surface area contributed by atoms with Crippen LogP contribution in [0.3, 0.4) is 0 Å². The van der Waals surface area contributed by atoms with E-state index in [4.69, 9.17) is 27.4 Å². The first-order valence-corrected chi connectivity index (χ1v) is 7.72. The molecule has 0 radical (unpaired) electrons. The van der Waals surface area contributed by atoms with Gasteiger partial charge < -0.3 is 15.2 Å². The van der Waals surface area contributed by atoms with E-state index in [0.717, 1.165) is 21.5 Å². The maximum absolute atomic E-state index is 5.61. The summed E-state index contributed by atoms with van der Waals surface area (Å²) >= 11 is 8.26. The van der Waals surface area contributed by atoms with E-state index >= 15 is 0 Å². The van der Waals surface area contributed by atoms with Gasteiger partial charge in [-0.15, -0.1) is 0 Å². The highest BCUT2D eigenvalue weighted by Crippen LogP contribution is 2.16. The molecular formula is C16H16BrNO2S. The molecule has 0 spiro atoms. The lowest BCUT2D eigenvalue weighted by molar-refractivity contribution is 0.217. The predicted molar refractivity (Wildman–Crippen MR) is 92.1 cm³/mol. The first-order chi connectivity index (χ1) is 10.1. The van der Waals surface area contributed by atoms with Crippen molar-refractivity contribution in [1.82, 2.24) is 0 Å². The van der Waals surface area contributed by atoms with E-state index < -0.39 is 0 Å². The van der Waals surface area contributed by atoms with Gasteiger partial charge in [-0.25, -0.2) is 0 Å². The minimum atomic E-state index is 0.491. The Bertz CT molecular complexity index is 584. The molecule has 0 unspecified atom stereocenters. The van der Waals surface area contributed by atoms with Crippen LogP contribution >= 0.6 is 28.1 Å². The summed E-state index contributed by atoms with van der Waals surface area (Å²) in [6, 6.07) is 15.4. The van der Waals surface area contributed by atoms with E-state index in [2.05, 4.69) is 15.9 Å². The monoisotopic (exact) mass is 365 g/mol. The van der Waals surface area contributed by atoms with Gasteiger partial charge in [0.05, 0.1) is 4.99 Å². The molecule has 0 aliphatic carbocycles. The van der Waals surface area contributed by atoms with Crippen LogP contribution in [0.25, 0.3) is 0 Å². The third-order valence-electron chi connectivity index (χ3n) is 2.74. The van der Waals surface area contributed by atoms with Gasteiger partial charge in [0.15, 0.2) is 0 Å². The Morgan fingerprint density at radius 1 is 0.905 bits per heavy atom. The fourth-order valence-electron chi connectivity index (χ4n) is 1.75. The van der Waals surface area contributed by atoms with Crippen LogP contribution in [0.5, 0.6) is 11.5 Å². The molecule has 0 bridgehead atoms. The first-order valence-electron chi connectivity index (χ1n) is 6.52. The molecule has 2 rings (SSSR count). The quantitative estimate of drug-likeness (QED) is 0.599. The van der Waals surface area contributed by atoms with Gasteiger partial charge in [0.25, 0.3) is 0 Å². The van der Waals surface area contributed by atoms with Crippen molar-refractivity contribution in [2.24, 2.45) is 5.73 Å². The summed E-state index contributed by atoms with van der Waals surface area (Å²) in [6.07, 6.45) is 0.613. The summed E-state index contributed by atoms with van der Waals surface area (Å²) in [6.45, 7) is 0.987. The molecule has 0 aromatic heterocycles. The molecule has 0 saturated carbocycles. The van der Waals surface area contributed by atoms with Crippen LogP contribution in [0.4, 0.5) is 0 Å². The maximum atomic E-state index is 5.61. The summed E-state index contributed by atoms with van der Waals surface area (Å²) in [7, 11) is 0. The summed E-state index contributed by atoms with van der Waals surface area (Å²) in [4.78, 5) is 0.492. The SMILES string of the molecule is NC(=S)Cc1ccc(OCCOc2ccc(Br)cc2)cc1. The second-order valence-corrected chi connectivity index (χ2v) is 5.88. The Morgan fingerprint density at radius 2 is 1.38 bits per heavy atom. The number of hydrogen-bond acceptors (Lipinski definition) is 3. The standard InChI is InChI=1S/C16H16BrNO2S/c17-13-3-7-15(8-4-13)20-10-9-19-14-5-1-12(2-6-14)11-16(18)21/h1-8H,9-11H2,(H2,18,21). The molecule has 110 valence electrons. The van der Waals surface area contributed by atoms with Gasteiger partial charge in [-0.3, -0.25) is 0 Å². The lowest BCUT2D eigenvalue weighted by atomic mass is 10.1. The molecule has 0 atom stereocenters. The number of benzene rings is 2. The average molecular weight is 366 g/mol.